The highest BCUT2D eigenvalue weighted by Crippen LogP contribution is 2.26. The van der Waals surface area contributed by atoms with Crippen molar-refractivity contribution in [3.8, 4) is 0 Å². The Morgan fingerprint density at radius 1 is 1.32 bits per heavy atom. The van der Waals surface area contributed by atoms with Gasteiger partial charge in [-0.25, -0.2) is 4.39 Å². The second-order valence-corrected chi connectivity index (χ2v) is 6.24. The fourth-order valence-electron chi connectivity index (χ4n) is 2.06. The van der Waals surface area contributed by atoms with Crippen molar-refractivity contribution in [1.82, 2.24) is 5.32 Å². The summed E-state index contributed by atoms with van der Waals surface area (Å²) in [5.41, 5.74) is 0.957. The molecule has 4 heteroatoms. The molecule has 0 spiro atoms. The highest BCUT2D eigenvalue weighted by atomic mass is 35.5. The quantitative estimate of drug-likeness (QED) is 0.840. The van der Waals surface area contributed by atoms with Gasteiger partial charge in [-0.15, -0.1) is 11.3 Å². The van der Waals surface area contributed by atoms with Crippen LogP contribution in [0.1, 0.15) is 28.3 Å². The standard InChI is InChI=1S/C15H17ClFNS/c1-3-18-14(15-7-4-10(2)19-15)9-11-5-6-12(16)13(17)8-11/h4-8,14,18H,3,9H2,1-2H3. The second kappa shape index (κ2) is 6.51. The Hall–Kier alpha value is -0.900. The van der Waals surface area contributed by atoms with Crippen molar-refractivity contribution in [3.05, 3.63) is 56.5 Å². The van der Waals surface area contributed by atoms with Crippen LogP contribution in [0.5, 0.6) is 0 Å². The number of nitrogens with one attached hydrogen (secondary N) is 1. The van der Waals surface area contributed by atoms with E-state index in [1.54, 1.807) is 17.4 Å². The van der Waals surface area contributed by atoms with E-state index in [1.807, 2.05) is 6.07 Å². The summed E-state index contributed by atoms with van der Waals surface area (Å²) >= 11 is 7.49. The third-order valence-electron chi connectivity index (χ3n) is 2.98. The zero-order valence-corrected chi connectivity index (χ0v) is 12.6. The fraction of sp³-hybridized carbons (Fsp3) is 0.333. The van der Waals surface area contributed by atoms with Crippen LogP contribution in [0, 0.1) is 12.7 Å². The van der Waals surface area contributed by atoms with Crippen LogP contribution in [0.25, 0.3) is 0 Å². The average Bonchev–Trinajstić information content (AvgIpc) is 2.80. The van der Waals surface area contributed by atoms with Gasteiger partial charge in [0.05, 0.1) is 5.02 Å². The Morgan fingerprint density at radius 3 is 2.68 bits per heavy atom. The monoisotopic (exact) mass is 297 g/mol. The van der Waals surface area contributed by atoms with Crippen LogP contribution in [-0.2, 0) is 6.42 Å². The van der Waals surface area contributed by atoms with E-state index in [9.17, 15) is 4.39 Å². The molecule has 0 aliphatic heterocycles. The molecule has 0 saturated carbocycles. The van der Waals surface area contributed by atoms with Crippen LogP contribution in [0.3, 0.4) is 0 Å². The molecule has 102 valence electrons. The topological polar surface area (TPSA) is 12.0 Å². The molecule has 1 heterocycles. The summed E-state index contributed by atoms with van der Waals surface area (Å²) in [7, 11) is 0. The Balaban J connectivity index is 2.18. The number of hydrogen-bond acceptors (Lipinski definition) is 2. The van der Waals surface area contributed by atoms with Gasteiger partial charge in [-0.3, -0.25) is 0 Å². The van der Waals surface area contributed by atoms with Crippen molar-refractivity contribution < 1.29 is 4.39 Å². The summed E-state index contributed by atoms with van der Waals surface area (Å²) < 4.78 is 13.5. The molecule has 2 aromatic rings. The minimum atomic E-state index is -0.350. The third kappa shape index (κ3) is 3.78. The van der Waals surface area contributed by atoms with Crippen molar-refractivity contribution in [2.75, 3.05) is 6.54 Å². The van der Waals surface area contributed by atoms with Gasteiger partial charge in [-0.05, 0) is 49.7 Å². The molecule has 1 aromatic heterocycles. The lowest BCUT2D eigenvalue weighted by Gasteiger charge is -2.16. The van der Waals surface area contributed by atoms with Gasteiger partial charge in [0.15, 0.2) is 0 Å². The third-order valence-corrected chi connectivity index (χ3v) is 4.40. The first-order valence-electron chi connectivity index (χ1n) is 6.33. The van der Waals surface area contributed by atoms with Gasteiger partial charge in [0.25, 0.3) is 0 Å². The first-order chi connectivity index (χ1) is 9.10. The lowest BCUT2D eigenvalue weighted by atomic mass is 10.0. The molecule has 0 aliphatic rings. The number of aryl methyl sites for hydroxylation is 1. The number of hydrogen-bond donors (Lipinski definition) is 1. The van der Waals surface area contributed by atoms with Crippen LogP contribution in [0.2, 0.25) is 5.02 Å². The molecule has 1 atom stereocenters. The van der Waals surface area contributed by atoms with Crippen LogP contribution in [0.15, 0.2) is 30.3 Å². The van der Waals surface area contributed by atoms with Crippen LogP contribution >= 0.6 is 22.9 Å². The van der Waals surface area contributed by atoms with E-state index in [0.29, 0.717) is 0 Å². The molecule has 0 saturated heterocycles. The number of thiophene rings is 1. The Kier molecular flexibility index (Phi) is 4.97. The molecular formula is C15H17ClFNS. The summed E-state index contributed by atoms with van der Waals surface area (Å²) in [6.07, 6.45) is 0.766. The maximum Gasteiger partial charge on any atom is 0.142 e. The molecule has 0 radical (unpaired) electrons. The maximum atomic E-state index is 13.5. The van der Waals surface area contributed by atoms with Crippen molar-refractivity contribution in [2.45, 2.75) is 26.3 Å². The zero-order valence-electron chi connectivity index (χ0n) is 11.0. The van der Waals surface area contributed by atoms with Crippen LogP contribution < -0.4 is 5.32 Å². The van der Waals surface area contributed by atoms with E-state index in [4.69, 9.17) is 11.6 Å². The van der Waals surface area contributed by atoms with Gasteiger partial charge in [0, 0.05) is 15.8 Å². The minimum Gasteiger partial charge on any atom is -0.309 e. The predicted octanol–water partition coefficient (Wildman–Crippen LogP) is 4.74. The summed E-state index contributed by atoms with van der Waals surface area (Å²) in [6.45, 7) is 5.06. The Morgan fingerprint density at radius 2 is 2.11 bits per heavy atom. The number of likely N-dealkylation sites (N-methyl/N-ethyl adjacent to an activating group) is 1. The van der Waals surface area contributed by atoms with Gasteiger partial charge in [-0.2, -0.15) is 0 Å². The Labute approximate surface area is 122 Å². The number of halogens is 2. The molecule has 1 unspecified atom stereocenters. The molecular weight excluding hydrogens is 281 g/mol. The first-order valence-corrected chi connectivity index (χ1v) is 7.53. The SMILES string of the molecule is CCNC(Cc1ccc(Cl)c(F)c1)c1ccc(C)s1. The van der Waals surface area contributed by atoms with E-state index in [-0.39, 0.29) is 16.9 Å². The van der Waals surface area contributed by atoms with Gasteiger partial charge in [0.2, 0.25) is 0 Å². The van der Waals surface area contributed by atoms with Crippen molar-refractivity contribution in [3.63, 3.8) is 0 Å². The minimum absolute atomic E-state index is 0.177. The predicted molar refractivity (Wildman–Crippen MR) is 80.6 cm³/mol. The zero-order chi connectivity index (χ0) is 13.8. The molecule has 1 aromatic carbocycles. The normalized spacial score (nSPS) is 12.6. The number of benzene rings is 1. The van der Waals surface area contributed by atoms with Crippen molar-refractivity contribution >= 4 is 22.9 Å². The Bertz CT molecular complexity index is 553. The molecule has 0 fully saturated rings. The molecule has 0 aliphatic carbocycles. The lowest BCUT2D eigenvalue weighted by molar-refractivity contribution is 0.554. The van der Waals surface area contributed by atoms with Gasteiger partial charge < -0.3 is 5.32 Å². The molecule has 1 N–H and O–H groups in total. The van der Waals surface area contributed by atoms with E-state index >= 15 is 0 Å². The highest BCUT2D eigenvalue weighted by molar-refractivity contribution is 7.12. The maximum absolute atomic E-state index is 13.5. The largest absolute Gasteiger partial charge is 0.309 e. The summed E-state index contributed by atoms with van der Waals surface area (Å²) in [5.74, 6) is -0.350. The van der Waals surface area contributed by atoms with Gasteiger partial charge in [0.1, 0.15) is 5.82 Å². The van der Waals surface area contributed by atoms with Gasteiger partial charge in [-0.1, -0.05) is 24.6 Å². The average molecular weight is 298 g/mol. The van der Waals surface area contributed by atoms with Crippen LogP contribution in [0.4, 0.5) is 4.39 Å². The molecule has 0 bridgehead atoms. The summed E-state index contributed by atoms with van der Waals surface area (Å²) in [4.78, 5) is 2.58. The summed E-state index contributed by atoms with van der Waals surface area (Å²) in [5, 5.41) is 3.63. The van der Waals surface area contributed by atoms with E-state index in [1.165, 1.54) is 15.8 Å². The van der Waals surface area contributed by atoms with Gasteiger partial charge >= 0.3 is 0 Å². The summed E-state index contributed by atoms with van der Waals surface area (Å²) in [6, 6.07) is 9.51. The lowest BCUT2D eigenvalue weighted by Crippen LogP contribution is -2.22. The second-order valence-electron chi connectivity index (χ2n) is 4.51. The number of rotatable bonds is 5. The molecule has 1 nitrogen and oxygen atoms in total. The molecule has 2 rings (SSSR count). The van der Waals surface area contributed by atoms with Crippen LogP contribution in [-0.4, -0.2) is 6.54 Å². The molecule has 0 amide bonds. The van der Waals surface area contributed by atoms with Crippen molar-refractivity contribution in [1.29, 1.82) is 0 Å². The highest BCUT2D eigenvalue weighted by Gasteiger charge is 2.14. The van der Waals surface area contributed by atoms with E-state index in [0.717, 1.165) is 18.5 Å². The van der Waals surface area contributed by atoms with E-state index < -0.39 is 0 Å². The van der Waals surface area contributed by atoms with Crippen molar-refractivity contribution in [2.24, 2.45) is 0 Å². The molecule has 19 heavy (non-hydrogen) atoms. The smallest absolute Gasteiger partial charge is 0.142 e. The first kappa shape index (κ1) is 14.5. The van der Waals surface area contributed by atoms with E-state index in [2.05, 4.69) is 31.3 Å². The fourth-order valence-corrected chi connectivity index (χ4v) is 3.13.